The molecule has 5 heteroatoms. The number of carbonyl (C=O) groups excluding carboxylic acids is 1. The first-order chi connectivity index (χ1) is 8.56. The summed E-state index contributed by atoms with van der Waals surface area (Å²) >= 11 is 0. The number of hydrogen-bond donors (Lipinski definition) is 3. The van der Waals surface area contributed by atoms with Crippen molar-refractivity contribution >= 4 is 11.9 Å². The lowest BCUT2D eigenvalue weighted by atomic mass is 9.94. The highest BCUT2D eigenvalue weighted by atomic mass is 16.4. The highest BCUT2D eigenvalue weighted by Gasteiger charge is 2.31. The fourth-order valence-corrected chi connectivity index (χ4v) is 2.51. The van der Waals surface area contributed by atoms with Gasteiger partial charge in [0.25, 0.3) is 0 Å². The lowest BCUT2D eigenvalue weighted by Crippen LogP contribution is -2.49. The molecule has 104 valence electrons. The molecule has 1 aliphatic rings. The lowest BCUT2D eigenvalue weighted by molar-refractivity contribution is -0.143. The van der Waals surface area contributed by atoms with Crippen LogP contribution in [0.3, 0.4) is 0 Å². The summed E-state index contributed by atoms with van der Waals surface area (Å²) in [5, 5.41) is 12.0. The van der Waals surface area contributed by atoms with E-state index < -0.39 is 17.9 Å². The fraction of sp³-hybridized carbons (Fsp3) is 0.846. The molecule has 0 heterocycles. The molecule has 0 aromatic carbocycles. The van der Waals surface area contributed by atoms with Crippen LogP contribution in [0.5, 0.6) is 0 Å². The topological polar surface area (TPSA) is 92.4 Å². The Morgan fingerprint density at radius 2 is 2.00 bits per heavy atom. The highest BCUT2D eigenvalue weighted by Crippen LogP contribution is 2.23. The lowest BCUT2D eigenvalue weighted by Gasteiger charge is -2.24. The van der Waals surface area contributed by atoms with Gasteiger partial charge in [-0.25, -0.2) is 0 Å². The van der Waals surface area contributed by atoms with Crippen LogP contribution in [-0.2, 0) is 9.59 Å². The van der Waals surface area contributed by atoms with Gasteiger partial charge in [0.2, 0.25) is 5.91 Å². The maximum Gasteiger partial charge on any atom is 0.308 e. The average Bonchev–Trinajstić information content (AvgIpc) is 2.54. The van der Waals surface area contributed by atoms with Crippen LogP contribution < -0.4 is 11.1 Å². The second kappa shape index (κ2) is 7.36. The van der Waals surface area contributed by atoms with Gasteiger partial charge in [0.05, 0.1) is 12.0 Å². The molecule has 1 fully saturated rings. The van der Waals surface area contributed by atoms with Gasteiger partial charge in [-0.15, -0.1) is 0 Å². The Kier molecular flexibility index (Phi) is 6.12. The maximum absolute atomic E-state index is 11.9. The minimum absolute atomic E-state index is 0.213. The first-order valence-corrected chi connectivity index (χ1v) is 6.85. The van der Waals surface area contributed by atoms with E-state index in [4.69, 9.17) is 5.73 Å². The molecule has 0 bridgehead atoms. The summed E-state index contributed by atoms with van der Waals surface area (Å²) in [5.41, 5.74) is 5.75. The molecule has 0 radical (unpaired) electrons. The number of carboxylic acid groups (broad SMARTS) is 1. The van der Waals surface area contributed by atoms with Gasteiger partial charge in [0.1, 0.15) is 0 Å². The molecule has 5 nitrogen and oxygen atoms in total. The van der Waals surface area contributed by atoms with Crippen molar-refractivity contribution in [1.29, 1.82) is 0 Å². The van der Waals surface area contributed by atoms with Crippen molar-refractivity contribution in [2.75, 3.05) is 0 Å². The van der Waals surface area contributed by atoms with E-state index >= 15 is 0 Å². The summed E-state index contributed by atoms with van der Waals surface area (Å²) in [6, 6.07) is -0.784. The summed E-state index contributed by atoms with van der Waals surface area (Å²) in [4.78, 5) is 23.1. The number of carbonyl (C=O) groups is 2. The molecule has 1 saturated carbocycles. The molecule has 2 unspecified atom stereocenters. The van der Waals surface area contributed by atoms with Crippen LogP contribution in [0, 0.1) is 5.92 Å². The molecule has 3 atom stereocenters. The van der Waals surface area contributed by atoms with Gasteiger partial charge in [-0.1, -0.05) is 32.6 Å². The summed E-state index contributed by atoms with van der Waals surface area (Å²) in [6.07, 6.45) is 5.79. The predicted molar refractivity (Wildman–Crippen MR) is 69.0 cm³/mol. The molecule has 1 amide bonds. The van der Waals surface area contributed by atoms with Crippen molar-refractivity contribution in [3.05, 3.63) is 0 Å². The summed E-state index contributed by atoms with van der Waals surface area (Å²) in [5.74, 6) is -1.49. The van der Waals surface area contributed by atoms with E-state index in [9.17, 15) is 14.7 Å². The van der Waals surface area contributed by atoms with Gasteiger partial charge in [-0.3, -0.25) is 9.59 Å². The SMILES string of the molecule is CCC[C@@H](N)C(=O)NC1CCCCCC1C(=O)O. The number of carboxylic acids is 1. The molecular formula is C13H24N2O3. The first kappa shape index (κ1) is 15.0. The van der Waals surface area contributed by atoms with Gasteiger partial charge in [-0.05, 0) is 19.3 Å². The van der Waals surface area contributed by atoms with E-state index in [1.165, 1.54) is 0 Å². The van der Waals surface area contributed by atoms with Crippen molar-refractivity contribution in [1.82, 2.24) is 5.32 Å². The van der Waals surface area contributed by atoms with E-state index in [1.807, 2.05) is 6.92 Å². The minimum atomic E-state index is -0.814. The predicted octanol–water partition coefficient (Wildman–Crippen LogP) is 1.26. The molecular weight excluding hydrogens is 232 g/mol. The molecule has 0 aliphatic heterocycles. The fourth-order valence-electron chi connectivity index (χ4n) is 2.51. The molecule has 0 spiro atoms. The summed E-state index contributed by atoms with van der Waals surface area (Å²) in [6.45, 7) is 1.97. The van der Waals surface area contributed by atoms with Gasteiger partial charge in [0, 0.05) is 6.04 Å². The monoisotopic (exact) mass is 256 g/mol. The Hall–Kier alpha value is -1.10. The van der Waals surface area contributed by atoms with Gasteiger partial charge in [0.15, 0.2) is 0 Å². The minimum Gasteiger partial charge on any atom is -0.481 e. The third-order valence-electron chi connectivity index (χ3n) is 3.60. The molecule has 0 saturated heterocycles. The smallest absolute Gasteiger partial charge is 0.308 e. The van der Waals surface area contributed by atoms with Gasteiger partial charge in [-0.2, -0.15) is 0 Å². The number of amides is 1. The quantitative estimate of drug-likeness (QED) is 0.646. The van der Waals surface area contributed by atoms with E-state index in [0.29, 0.717) is 12.8 Å². The summed E-state index contributed by atoms with van der Waals surface area (Å²) < 4.78 is 0. The van der Waals surface area contributed by atoms with Crippen molar-refractivity contribution in [3.63, 3.8) is 0 Å². The second-order valence-electron chi connectivity index (χ2n) is 5.09. The third kappa shape index (κ3) is 4.29. The van der Waals surface area contributed by atoms with Gasteiger partial charge >= 0.3 is 5.97 Å². The molecule has 0 aromatic rings. The normalized spacial score (nSPS) is 26.1. The molecule has 1 aliphatic carbocycles. The number of aliphatic carboxylic acids is 1. The second-order valence-corrected chi connectivity index (χ2v) is 5.09. The zero-order chi connectivity index (χ0) is 13.5. The van der Waals surface area contributed by atoms with Crippen LogP contribution in [-0.4, -0.2) is 29.1 Å². The Balaban J connectivity index is 2.60. The van der Waals surface area contributed by atoms with Crippen LogP contribution in [0.15, 0.2) is 0 Å². The Labute approximate surface area is 108 Å². The first-order valence-electron chi connectivity index (χ1n) is 6.85. The average molecular weight is 256 g/mol. The van der Waals surface area contributed by atoms with Crippen LogP contribution in [0.25, 0.3) is 0 Å². The van der Waals surface area contributed by atoms with Crippen molar-refractivity contribution < 1.29 is 14.7 Å². The third-order valence-corrected chi connectivity index (χ3v) is 3.60. The Bertz CT molecular complexity index is 294. The number of nitrogens with two attached hydrogens (primary N) is 1. The summed E-state index contributed by atoms with van der Waals surface area (Å²) in [7, 11) is 0. The highest BCUT2D eigenvalue weighted by molar-refractivity contribution is 5.82. The zero-order valence-electron chi connectivity index (χ0n) is 11.0. The Morgan fingerprint density at radius 1 is 1.33 bits per heavy atom. The van der Waals surface area contributed by atoms with E-state index in [0.717, 1.165) is 32.1 Å². The van der Waals surface area contributed by atoms with Crippen molar-refractivity contribution in [2.45, 2.75) is 64.0 Å². The van der Waals surface area contributed by atoms with Gasteiger partial charge < -0.3 is 16.2 Å². The standard InChI is InChI=1S/C13H24N2O3/c1-2-6-10(14)12(16)15-11-8-5-3-4-7-9(11)13(17)18/h9-11H,2-8,14H2,1H3,(H,15,16)(H,17,18)/t9?,10-,11?/m1/s1. The van der Waals surface area contributed by atoms with Crippen LogP contribution in [0.1, 0.15) is 51.9 Å². The van der Waals surface area contributed by atoms with Crippen LogP contribution in [0.4, 0.5) is 0 Å². The van der Waals surface area contributed by atoms with Crippen molar-refractivity contribution in [2.24, 2.45) is 11.7 Å². The van der Waals surface area contributed by atoms with Crippen LogP contribution >= 0.6 is 0 Å². The molecule has 1 rings (SSSR count). The molecule has 4 N–H and O–H groups in total. The number of hydrogen-bond acceptors (Lipinski definition) is 3. The maximum atomic E-state index is 11.9. The largest absolute Gasteiger partial charge is 0.481 e. The number of rotatable bonds is 5. The van der Waals surface area contributed by atoms with E-state index in [-0.39, 0.29) is 11.9 Å². The molecule has 0 aromatic heterocycles. The van der Waals surface area contributed by atoms with Crippen LogP contribution in [0.2, 0.25) is 0 Å². The molecule has 18 heavy (non-hydrogen) atoms. The number of nitrogens with one attached hydrogen (secondary N) is 1. The van der Waals surface area contributed by atoms with Crippen molar-refractivity contribution in [3.8, 4) is 0 Å². The zero-order valence-corrected chi connectivity index (χ0v) is 11.0. The Morgan fingerprint density at radius 3 is 2.61 bits per heavy atom. The van der Waals surface area contributed by atoms with E-state index in [2.05, 4.69) is 5.32 Å². The van der Waals surface area contributed by atoms with E-state index in [1.54, 1.807) is 0 Å².